The fourth-order valence-electron chi connectivity index (χ4n) is 4.09. The fraction of sp³-hybridized carbons (Fsp3) is 0.381. The highest BCUT2D eigenvalue weighted by atomic mass is 79.9. The van der Waals surface area contributed by atoms with Crippen molar-refractivity contribution in [2.75, 3.05) is 6.61 Å². The number of carbonyl (C=O) groups is 1. The molecule has 2 aromatic carbocycles. The molecule has 0 aliphatic carbocycles. The number of carbonyl (C=O) groups excluding carboxylic acids is 1. The summed E-state index contributed by atoms with van der Waals surface area (Å²) in [6, 6.07) is 14.0. The van der Waals surface area contributed by atoms with Gasteiger partial charge in [0.2, 0.25) is 0 Å². The van der Waals surface area contributed by atoms with E-state index < -0.39 is 0 Å². The minimum Gasteiger partial charge on any atom is -0.490 e. The summed E-state index contributed by atoms with van der Waals surface area (Å²) in [6.45, 7) is 0.0537. The van der Waals surface area contributed by atoms with E-state index in [2.05, 4.69) is 15.9 Å². The van der Waals surface area contributed by atoms with E-state index >= 15 is 0 Å². The third-order valence-electron chi connectivity index (χ3n) is 5.27. The predicted molar refractivity (Wildman–Crippen MR) is 103 cm³/mol. The third kappa shape index (κ3) is 4.26. The van der Waals surface area contributed by atoms with Crippen molar-refractivity contribution in [2.24, 2.45) is 0 Å². The molecule has 2 heterocycles. The first kappa shape index (κ1) is 18.3. The standard InChI is InChI=1S/C21H21BrFNO3/c22-14-1-7-18(8-2-14)26-13-21(25)24-16-5-6-17(24)12-20(11-16)27-19-9-3-15(23)4-10-19/h1-4,7-10,16-17,20H,5-6,11-13H2/t16-,17+,20?. The first-order chi connectivity index (χ1) is 13.1. The van der Waals surface area contributed by atoms with Crippen molar-refractivity contribution < 1.29 is 18.7 Å². The van der Waals surface area contributed by atoms with Crippen LogP contribution in [0.3, 0.4) is 0 Å². The average Bonchev–Trinajstić information content (AvgIpc) is 2.94. The van der Waals surface area contributed by atoms with E-state index in [0.29, 0.717) is 11.5 Å². The van der Waals surface area contributed by atoms with Gasteiger partial charge in [0.25, 0.3) is 5.91 Å². The van der Waals surface area contributed by atoms with Gasteiger partial charge < -0.3 is 14.4 Å². The van der Waals surface area contributed by atoms with Crippen LogP contribution in [0.2, 0.25) is 0 Å². The fourth-order valence-corrected chi connectivity index (χ4v) is 4.35. The molecule has 2 aromatic rings. The van der Waals surface area contributed by atoms with Crippen LogP contribution in [0.5, 0.6) is 11.5 Å². The maximum Gasteiger partial charge on any atom is 0.261 e. The van der Waals surface area contributed by atoms with Gasteiger partial charge in [0.05, 0.1) is 0 Å². The minimum atomic E-state index is -0.270. The number of rotatable bonds is 5. The molecule has 2 bridgehead atoms. The van der Waals surface area contributed by atoms with Crippen molar-refractivity contribution >= 4 is 21.8 Å². The summed E-state index contributed by atoms with van der Waals surface area (Å²) < 4.78 is 25.7. The molecule has 4 rings (SSSR count). The van der Waals surface area contributed by atoms with E-state index in [9.17, 15) is 9.18 Å². The summed E-state index contributed by atoms with van der Waals surface area (Å²) in [5.41, 5.74) is 0. The van der Waals surface area contributed by atoms with Crippen LogP contribution in [0.4, 0.5) is 4.39 Å². The summed E-state index contributed by atoms with van der Waals surface area (Å²) >= 11 is 3.38. The Bertz CT molecular complexity index is 782. The van der Waals surface area contributed by atoms with Gasteiger partial charge in [-0.05, 0) is 61.4 Å². The van der Waals surface area contributed by atoms with Gasteiger partial charge in [-0.2, -0.15) is 0 Å². The molecule has 27 heavy (non-hydrogen) atoms. The summed E-state index contributed by atoms with van der Waals surface area (Å²) in [5, 5.41) is 0. The maximum absolute atomic E-state index is 13.0. The molecule has 2 fully saturated rings. The molecule has 1 unspecified atom stereocenters. The summed E-state index contributed by atoms with van der Waals surface area (Å²) in [7, 11) is 0. The van der Waals surface area contributed by atoms with E-state index in [1.54, 1.807) is 12.1 Å². The SMILES string of the molecule is O=C(COc1ccc(Br)cc1)N1[C@@H]2CC[C@H]1CC(Oc1ccc(F)cc1)C2. The molecule has 2 aliphatic heterocycles. The Balaban J connectivity index is 1.33. The number of hydrogen-bond acceptors (Lipinski definition) is 3. The molecule has 0 saturated carbocycles. The topological polar surface area (TPSA) is 38.8 Å². The number of amides is 1. The molecular formula is C21H21BrFNO3. The Hall–Kier alpha value is -2.08. The van der Waals surface area contributed by atoms with Crippen molar-refractivity contribution in [1.82, 2.24) is 4.90 Å². The van der Waals surface area contributed by atoms with Crippen LogP contribution in [0.1, 0.15) is 25.7 Å². The largest absolute Gasteiger partial charge is 0.490 e. The van der Waals surface area contributed by atoms with Gasteiger partial charge >= 0.3 is 0 Å². The third-order valence-corrected chi connectivity index (χ3v) is 5.80. The molecule has 2 saturated heterocycles. The molecular weight excluding hydrogens is 413 g/mol. The second-order valence-electron chi connectivity index (χ2n) is 7.09. The van der Waals surface area contributed by atoms with Crippen LogP contribution < -0.4 is 9.47 Å². The highest BCUT2D eigenvalue weighted by molar-refractivity contribution is 9.10. The number of benzene rings is 2. The van der Waals surface area contributed by atoms with Gasteiger partial charge in [0.15, 0.2) is 6.61 Å². The number of hydrogen-bond donors (Lipinski definition) is 0. The first-order valence-corrected chi connectivity index (χ1v) is 9.99. The second kappa shape index (κ2) is 7.89. The molecule has 6 heteroatoms. The van der Waals surface area contributed by atoms with Crippen molar-refractivity contribution in [3.8, 4) is 11.5 Å². The number of fused-ring (bicyclic) bond motifs is 2. The highest BCUT2D eigenvalue weighted by Gasteiger charge is 2.44. The maximum atomic E-state index is 13.0. The smallest absolute Gasteiger partial charge is 0.261 e. The zero-order valence-electron chi connectivity index (χ0n) is 14.8. The van der Waals surface area contributed by atoms with Crippen LogP contribution in [0.25, 0.3) is 0 Å². The number of piperidine rings is 1. The van der Waals surface area contributed by atoms with Crippen molar-refractivity contribution in [1.29, 1.82) is 0 Å². The lowest BCUT2D eigenvalue weighted by Crippen LogP contribution is -2.50. The van der Waals surface area contributed by atoms with E-state index in [4.69, 9.17) is 9.47 Å². The number of halogens is 2. The Morgan fingerprint density at radius 1 is 1.00 bits per heavy atom. The molecule has 2 aliphatic rings. The van der Waals surface area contributed by atoms with Gasteiger partial charge in [-0.1, -0.05) is 15.9 Å². The summed E-state index contributed by atoms with van der Waals surface area (Å²) in [5.74, 6) is 1.13. The Kier molecular flexibility index (Phi) is 5.34. The predicted octanol–water partition coefficient (Wildman–Crippen LogP) is 4.57. The van der Waals surface area contributed by atoms with Crippen molar-refractivity contribution in [2.45, 2.75) is 43.9 Å². The van der Waals surface area contributed by atoms with Gasteiger partial charge in [-0.15, -0.1) is 0 Å². The van der Waals surface area contributed by atoms with Gasteiger partial charge in [0, 0.05) is 29.4 Å². The molecule has 3 atom stereocenters. The zero-order chi connectivity index (χ0) is 18.8. The normalized spacial score (nSPS) is 23.9. The molecule has 0 N–H and O–H groups in total. The summed E-state index contributed by atoms with van der Waals surface area (Å²) in [4.78, 5) is 14.7. The quantitative estimate of drug-likeness (QED) is 0.692. The van der Waals surface area contributed by atoms with E-state index in [1.165, 1.54) is 12.1 Å². The minimum absolute atomic E-state index is 0.0330. The molecule has 4 nitrogen and oxygen atoms in total. The first-order valence-electron chi connectivity index (χ1n) is 9.20. The van der Waals surface area contributed by atoms with Crippen LogP contribution in [0, 0.1) is 5.82 Å². The second-order valence-corrected chi connectivity index (χ2v) is 8.01. The lowest BCUT2D eigenvalue weighted by molar-refractivity contribution is -0.139. The van der Waals surface area contributed by atoms with Gasteiger partial charge in [0.1, 0.15) is 23.4 Å². The van der Waals surface area contributed by atoms with E-state index in [0.717, 1.165) is 30.2 Å². The molecule has 1 amide bonds. The lowest BCUT2D eigenvalue weighted by Gasteiger charge is -2.38. The van der Waals surface area contributed by atoms with Crippen molar-refractivity contribution in [3.63, 3.8) is 0 Å². The van der Waals surface area contributed by atoms with E-state index in [-0.39, 0.29) is 36.5 Å². The van der Waals surface area contributed by atoms with Crippen LogP contribution >= 0.6 is 15.9 Å². The number of ether oxygens (including phenoxy) is 2. The Morgan fingerprint density at radius 2 is 1.59 bits per heavy atom. The monoisotopic (exact) mass is 433 g/mol. The van der Waals surface area contributed by atoms with Crippen molar-refractivity contribution in [3.05, 3.63) is 58.8 Å². The molecule has 0 spiro atoms. The Morgan fingerprint density at radius 3 is 2.22 bits per heavy atom. The summed E-state index contributed by atoms with van der Waals surface area (Å²) in [6.07, 6.45) is 3.66. The Labute approximate surface area is 166 Å². The highest BCUT2D eigenvalue weighted by Crippen LogP contribution is 2.37. The van der Waals surface area contributed by atoms with Crippen LogP contribution in [0.15, 0.2) is 53.0 Å². The molecule has 142 valence electrons. The van der Waals surface area contributed by atoms with Gasteiger partial charge in [-0.25, -0.2) is 4.39 Å². The average molecular weight is 434 g/mol. The van der Waals surface area contributed by atoms with Crippen LogP contribution in [-0.2, 0) is 4.79 Å². The van der Waals surface area contributed by atoms with Gasteiger partial charge in [-0.3, -0.25) is 4.79 Å². The van der Waals surface area contributed by atoms with E-state index in [1.807, 2.05) is 29.2 Å². The molecule has 0 aromatic heterocycles. The van der Waals surface area contributed by atoms with Crippen LogP contribution in [-0.4, -0.2) is 35.6 Å². The zero-order valence-corrected chi connectivity index (χ0v) is 16.4. The lowest BCUT2D eigenvalue weighted by atomic mass is 9.99. The number of nitrogens with zero attached hydrogens (tertiary/aromatic N) is 1. The molecule has 0 radical (unpaired) electrons.